The quantitative estimate of drug-likeness (QED) is 0.681. The van der Waals surface area contributed by atoms with Crippen LogP contribution in [0.25, 0.3) is 0 Å². The van der Waals surface area contributed by atoms with E-state index in [4.69, 9.17) is 9.72 Å². The van der Waals surface area contributed by atoms with Gasteiger partial charge in [0.25, 0.3) is 5.56 Å². The third kappa shape index (κ3) is 3.93. The molecule has 1 saturated heterocycles. The molecule has 31 heavy (non-hydrogen) atoms. The number of thioether (sulfide) groups is 1. The number of methoxy groups -OCH3 is 1. The van der Waals surface area contributed by atoms with Crippen molar-refractivity contribution in [3.8, 4) is 5.75 Å². The molecular weight excluding hydrogens is 412 g/mol. The van der Waals surface area contributed by atoms with Crippen molar-refractivity contribution in [1.29, 1.82) is 0 Å². The zero-order chi connectivity index (χ0) is 21.4. The highest BCUT2D eigenvalue weighted by molar-refractivity contribution is 7.99. The number of benzene rings is 1. The molecule has 1 aromatic carbocycles. The molecular formula is C23H28N4O3S. The lowest BCUT2D eigenvalue weighted by molar-refractivity contribution is -0.132. The fraction of sp³-hybridized carbons (Fsp3) is 0.522. The molecule has 0 spiro atoms. The Hall–Kier alpha value is -2.48. The Morgan fingerprint density at radius 3 is 2.61 bits per heavy atom. The Morgan fingerprint density at radius 2 is 1.87 bits per heavy atom. The lowest BCUT2D eigenvalue weighted by Crippen LogP contribution is -2.49. The summed E-state index contributed by atoms with van der Waals surface area (Å²) in [5, 5.41) is 0.799. The van der Waals surface area contributed by atoms with E-state index in [1.807, 2.05) is 17.0 Å². The first-order valence-corrected chi connectivity index (χ1v) is 12.1. The molecule has 164 valence electrons. The van der Waals surface area contributed by atoms with E-state index in [9.17, 15) is 9.59 Å². The number of piperazine rings is 1. The van der Waals surface area contributed by atoms with Crippen molar-refractivity contribution in [2.24, 2.45) is 0 Å². The van der Waals surface area contributed by atoms with Crippen molar-refractivity contribution < 1.29 is 9.53 Å². The van der Waals surface area contributed by atoms with Gasteiger partial charge in [-0.25, -0.2) is 4.98 Å². The minimum atomic E-state index is -0.0839. The third-order valence-corrected chi connectivity index (χ3v) is 7.70. The maximum atomic E-state index is 13.1. The summed E-state index contributed by atoms with van der Waals surface area (Å²) in [6, 6.07) is 7.96. The Labute approximate surface area is 186 Å². The van der Waals surface area contributed by atoms with E-state index < -0.39 is 0 Å². The van der Waals surface area contributed by atoms with Crippen LogP contribution in [0, 0.1) is 0 Å². The lowest BCUT2D eigenvalue weighted by Gasteiger charge is -2.36. The number of rotatable bonds is 4. The van der Waals surface area contributed by atoms with Crippen LogP contribution in [0.5, 0.6) is 5.75 Å². The number of hydrogen-bond acceptors (Lipinski definition) is 6. The molecule has 2 aromatic rings. The van der Waals surface area contributed by atoms with Crippen LogP contribution in [0.4, 0.5) is 5.69 Å². The van der Waals surface area contributed by atoms with Crippen LogP contribution in [0.15, 0.2) is 34.2 Å². The van der Waals surface area contributed by atoms with Crippen LogP contribution in [-0.2, 0) is 17.6 Å². The molecule has 0 bridgehead atoms. The van der Waals surface area contributed by atoms with Crippen LogP contribution in [0.1, 0.15) is 36.6 Å². The summed E-state index contributed by atoms with van der Waals surface area (Å²) in [4.78, 5) is 35.1. The summed E-state index contributed by atoms with van der Waals surface area (Å²) in [7, 11) is 1.67. The molecule has 0 N–H and O–H groups in total. The van der Waals surface area contributed by atoms with E-state index in [0.29, 0.717) is 19.5 Å². The molecule has 2 aliphatic heterocycles. The summed E-state index contributed by atoms with van der Waals surface area (Å²) in [6.07, 6.45) is 4.26. The second kappa shape index (κ2) is 8.57. The molecule has 1 aliphatic carbocycles. The number of carbonyl (C=O) groups excluding carboxylic acids is 1. The molecule has 3 aliphatic rings. The predicted octanol–water partition coefficient (Wildman–Crippen LogP) is 2.52. The molecule has 8 heteroatoms. The molecule has 3 heterocycles. The first-order chi connectivity index (χ1) is 15.1. The third-order valence-electron chi connectivity index (χ3n) is 6.60. The van der Waals surface area contributed by atoms with Gasteiger partial charge in [0, 0.05) is 49.6 Å². The molecule has 5 rings (SSSR count). The van der Waals surface area contributed by atoms with Crippen molar-refractivity contribution in [3.63, 3.8) is 0 Å². The fourth-order valence-electron chi connectivity index (χ4n) is 4.80. The molecule has 1 aromatic heterocycles. The van der Waals surface area contributed by atoms with Gasteiger partial charge < -0.3 is 14.5 Å². The Balaban J connectivity index is 1.23. The van der Waals surface area contributed by atoms with Crippen molar-refractivity contribution in [1.82, 2.24) is 14.5 Å². The van der Waals surface area contributed by atoms with E-state index in [2.05, 4.69) is 17.0 Å². The van der Waals surface area contributed by atoms with Gasteiger partial charge in [-0.3, -0.25) is 14.2 Å². The highest BCUT2D eigenvalue weighted by Gasteiger charge is 2.32. The van der Waals surface area contributed by atoms with Crippen molar-refractivity contribution in [2.45, 2.75) is 43.3 Å². The van der Waals surface area contributed by atoms with Gasteiger partial charge in [0.2, 0.25) is 5.91 Å². The minimum absolute atomic E-state index is 0.0839. The van der Waals surface area contributed by atoms with Crippen LogP contribution in [0.2, 0.25) is 0 Å². The SMILES string of the molecule is COc1ccc(N2CCN(C(=O)C[C@H]3CSc4nc5c(c(=O)n43)CCCC5)CC2)cc1. The molecule has 0 saturated carbocycles. The second-order valence-corrected chi connectivity index (χ2v) is 9.42. The fourth-order valence-corrected chi connectivity index (χ4v) is 5.96. The van der Waals surface area contributed by atoms with Crippen molar-refractivity contribution in [3.05, 3.63) is 45.9 Å². The number of amides is 1. The van der Waals surface area contributed by atoms with E-state index in [1.54, 1.807) is 23.4 Å². The van der Waals surface area contributed by atoms with Gasteiger partial charge in [0.05, 0.1) is 18.8 Å². The summed E-state index contributed by atoms with van der Waals surface area (Å²) in [6.45, 7) is 3.02. The van der Waals surface area contributed by atoms with Crippen LogP contribution in [0.3, 0.4) is 0 Å². The zero-order valence-corrected chi connectivity index (χ0v) is 18.7. The van der Waals surface area contributed by atoms with Gasteiger partial charge in [-0.15, -0.1) is 0 Å². The van der Waals surface area contributed by atoms with Gasteiger partial charge >= 0.3 is 0 Å². The highest BCUT2D eigenvalue weighted by Crippen LogP contribution is 2.34. The topological polar surface area (TPSA) is 67.7 Å². The number of nitrogens with zero attached hydrogens (tertiary/aromatic N) is 4. The van der Waals surface area contributed by atoms with Crippen LogP contribution in [-0.4, -0.2) is 59.4 Å². The average molecular weight is 441 g/mol. The number of aryl methyl sites for hydroxylation is 1. The van der Waals surface area contributed by atoms with E-state index >= 15 is 0 Å². The highest BCUT2D eigenvalue weighted by atomic mass is 32.2. The number of anilines is 1. The van der Waals surface area contributed by atoms with Gasteiger partial charge in [-0.05, 0) is 49.9 Å². The molecule has 0 radical (unpaired) electrons. The lowest BCUT2D eigenvalue weighted by atomic mass is 9.97. The maximum absolute atomic E-state index is 13.1. The summed E-state index contributed by atoms with van der Waals surface area (Å²) >= 11 is 1.61. The largest absolute Gasteiger partial charge is 0.497 e. The molecule has 1 atom stereocenters. The minimum Gasteiger partial charge on any atom is -0.497 e. The maximum Gasteiger partial charge on any atom is 0.257 e. The van der Waals surface area contributed by atoms with Crippen molar-refractivity contribution >= 4 is 23.4 Å². The number of aromatic nitrogens is 2. The normalized spacial score (nSPS) is 20.4. The number of fused-ring (bicyclic) bond motifs is 2. The Morgan fingerprint density at radius 1 is 1.13 bits per heavy atom. The van der Waals surface area contributed by atoms with Crippen LogP contribution < -0.4 is 15.2 Å². The first-order valence-electron chi connectivity index (χ1n) is 11.1. The van der Waals surface area contributed by atoms with Gasteiger partial charge in [-0.2, -0.15) is 0 Å². The molecule has 7 nitrogen and oxygen atoms in total. The van der Waals surface area contributed by atoms with Gasteiger partial charge in [0.1, 0.15) is 5.75 Å². The van der Waals surface area contributed by atoms with E-state index in [-0.39, 0.29) is 17.5 Å². The summed E-state index contributed by atoms with van der Waals surface area (Å²) < 4.78 is 7.04. The molecule has 1 fully saturated rings. The smallest absolute Gasteiger partial charge is 0.257 e. The Kier molecular flexibility index (Phi) is 5.65. The van der Waals surface area contributed by atoms with Gasteiger partial charge in [-0.1, -0.05) is 11.8 Å². The monoisotopic (exact) mass is 440 g/mol. The Bertz CT molecular complexity index is 1030. The molecule has 0 unspecified atom stereocenters. The standard InChI is InChI=1S/C23H28N4O3S/c1-30-18-8-6-16(7-9-18)25-10-12-26(13-11-25)21(28)14-17-15-31-23-24-20-5-3-2-4-19(20)22(29)27(17)23/h6-9,17H,2-5,10-15H2,1H3/t17-/m0/s1. The first kappa shape index (κ1) is 20.4. The average Bonchev–Trinajstić information content (AvgIpc) is 3.22. The number of ether oxygens (including phenoxy) is 1. The number of carbonyl (C=O) groups is 1. The predicted molar refractivity (Wildman–Crippen MR) is 121 cm³/mol. The summed E-state index contributed by atoms with van der Waals surface area (Å²) in [5.41, 5.74) is 3.10. The van der Waals surface area contributed by atoms with Crippen LogP contribution >= 0.6 is 11.8 Å². The summed E-state index contributed by atoms with van der Waals surface area (Å²) in [5.74, 6) is 1.73. The second-order valence-electron chi connectivity index (χ2n) is 8.44. The van der Waals surface area contributed by atoms with E-state index in [0.717, 1.165) is 72.4 Å². The van der Waals surface area contributed by atoms with Crippen molar-refractivity contribution in [2.75, 3.05) is 43.9 Å². The number of hydrogen-bond donors (Lipinski definition) is 0. The molecule has 1 amide bonds. The zero-order valence-electron chi connectivity index (χ0n) is 17.9. The van der Waals surface area contributed by atoms with E-state index in [1.165, 1.54) is 0 Å². The van der Waals surface area contributed by atoms with Gasteiger partial charge in [0.15, 0.2) is 5.16 Å².